The second-order valence-corrected chi connectivity index (χ2v) is 9.32. The van der Waals surface area contributed by atoms with Gasteiger partial charge >= 0.3 is 0 Å². The molecule has 4 rings (SSSR count). The molecular weight excluding hydrogens is 474 g/mol. The fourth-order valence-electron chi connectivity index (χ4n) is 3.81. The van der Waals surface area contributed by atoms with Crippen LogP contribution in [0, 0.1) is 0 Å². The van der Waals surface area contributed by atoms with E-state index < -0.39 is 0 Å². The van der Waals surface area contributed by atoms with Crippen molar-refractivity contribution in [3.63, 3.8) is 0 Å². The Morgan fingerprint density at radius 3 is 2.39 bits per heavy atom. The van der Waals surface area contributed by atoms with Gasteiger partial charge in [-0.15, -0.1) is 0 Å². The third-order valence-electron chi connectivity index (χ3n) is 5.53. The number of hydrogen-bond acceptors (Lipinski definition) is 5. The quantitative estimate of drug-likeness (QED) is 0.328. The molecule has 0 saturated carbocycles. The first-order valence-electron chi connectivity index (χ1n) is 11.7. The lowest BCUT2D eigenvalue weighted by molar-refractivity contribution is -0.120. The lowest BCUT2D eigenvalue weighted by atomic mass is 10.1. The van der Waals surface area contributed by atoms with Crippen LogP contribution in [0.1, 0.15) is 35.6 Å². The van der Waals surface area contributed by atoms with E-state index in [-0.39, 0.29) is 24.4 Å². The Hall–Kier alpha value is -3.97. The van der Waals surface area contributed by atoms with Crippen LogP contribution in [-0.4, -0.2) is 41.4 Å². The second kappa shape index (κ2) is 11.2. The SMILES string of the molecule is CC(C)NC(=O)CN(C)c1cc(Cl)nc(Cc2ccc(NC(=O)c3ccc4ccccc4c3)cc2)n1. The topological polar surface area (TPSA) is 87.2 Å². The molecule has 0 aliphatic rings. The first-order valence-corrected chi connectivity index (χ1v) is 12.1. The van der Waals surface area contributed by atoms with Crippen LogP contribution >= 0.6 is 11.6 Å². The summed E-state index contributed by atoms with van der Waals surface area (Å²) in [6.07, 6.45) is 0.457. The molecule has 7 nitrogen and oxygen atoms in total. The van der Waals surface area contributed by atoms with Crippen LogP contribution in [0.4, 0.5) is 11.5 Å². The van der Waals surface area contributed by atoms with Crippen molar-refractivity contribution in [1.29, 1.82) is 0 Å². The van der Waals surface area contributed by atoms with Gasteiger partial charge in [-0.3, -0.25) is 9.59 Å². The smallest absolute Gasteiger partial charge is 0.255 e. The lowest BCUT2D eigenvalue weighted by Gasteiger charge is -2.19. The minimum Gasteiger partial charge on any atom is -0.352 e. The van der Waals surface area contributed by atoms with E-state index in [1.54, 1.807) is 18.0 Å². The van der Waals surface area contributed by atoms with Gasteiger partial charge in [0.15, 0.2) is 0 Å². The van der Waals surface area contributed by atoms with Gasteiger partial charge in [0.25, 0.3) is 5.91 Å². The zero-order valence-electron chi connectivity index (χ0n) is 20.5. The standard InChI is InChI=1S/C28H28ClN5O2/c1-18(2)30-27(35)17-34(3)26-16-24(29)32-25(33-26)14-19-8-12-23(13-9-19)31-28(36)22-11-10-20-6-4-5-7-21(20)15-22/h4-13,15-16,18H,14,17H2,1-3H3,(H,30,35)(H,31,36). The fourth-order valence-corrected chi connectivity index (χ4v) is 4.01. The van der Waals surface area contributed by atoms with Gasteiger partial charge in [0.2, 0.25) is 5.91 Å². The number of nitrogens with zero attached hydrogens (tertiary/aromatic N) is 3. The minimum atomic E-state index is -0.166. The molecule has 0 spiro atoms. The fraction of sp³-hybridized carbons (Fsp3) is 0.214. The summed E-state index contributed by atoms with van der Waals surface area (Å²) in [5, 5.41) is 8.23. The van der Waals surface area contributed by atoms with Crippen LogP contribution in [0.25, 0.3) is 10.8 Å². The van der Waals surface area contributed by atoms with Crippen molar-refractivity contribution in [3.05, 3.63) is 94.9 Å². The van der Waals surface area contributed by atoms with E-state index in [1.165, 1.54) is 0 Å². The molecule has 2 N–H and O–H groups in total. The number of nitrogens with one attached hydrogen (secondary N) is 2. The normalized spacial score (nSPS) is 10.9. The summed E-state index contributed by atoms with van der Waals surface area (Å²) >= 11 is 6.23. The van der Waals surface area contributed by atoms with Gasteiger partial charge in [-0.2, -0.15) is 0 Å². The number of amides is 2. The second-order valence-electron chi connectivity index (χ2n) is 8.93. The van der Waals surface area contributed by atoms with Gasteiger partial charge in [-0.05, 0) is 54.4 Å². The molecule has 0 saturated heterocycles. The summed E-state index contributed by atoms with van der Waals surface area (Å²) in [6, 6.07) is 22.8. The largest absolute Gasteiger partial charge is 0.352 e. The molecule has 184 valence electrons. The Balaban J connectivity index is 1.41. The molecule has 4 aromatic rings. The number of likely N-dealkylation sites (N-methyl/N-ethyl adjacent to an activating group) is 1. The first-order chi connectivity index (χ1) is 17.3. The summed E-state index contributed by atoms with van der Waals surface area (Å²) < 4.78 is 0. The van der Waals surface area contributed by atoms with Gasteiger partial charge in [-0.25, -0.2) is 9.97 Å². The van der Waals surface area contributed by atoms with Gasteiger partial charge in [0.05, 0.1) is 6.54 Å². The molecule has 0 atom stereocenters. The number of hydrogen-bond donors (Lipinski definition) is 2. The number of benzene rings is 3. The van der Waals surface area contributed by atoms with E-state index in [1.807, 2.05) is 80.6 Å². The molecular formula is C28H28ClN5O2. The Bertz CT molecular complexity index is 1390. The maximum Gasteiger partial charge on any atom is 0.255 e. The van der Waals surface area contributed by atoms with Gasteiger partial charge in [-0.1, -0.05) is 54.1 Å². The van der Waals surface area contributed by atoms with Crippen LogP contribution in [-0.2, 0) is 11.2 Å². The molecule has 8 heteroatoms. The van der Waals surface area contributed by atoms with Gasteiger partial charge in [0, 0.05) is 36.8 Å². The first kappa shape index (κ1) is 25.1. The molecule has 0 aliphatic carbocycles. The van der Waals surface area contributed by atoms with Crippen molar-refractivity contribution in [3.8, 4) is 0 Å². The Morgan fingerprint density at radius 1 is 0.944 bits per heavy atom. The summed E-state index contributed by atoms with van der Waals surface area (Å²) in [6.45, 7) is 3.99. The van der Waals surface area contributed by atoms with Crippen LogP contribution in [0.2, 0.25) is 5.15 Å². The third-order valence-corrected chi connectivity index (χ3v) is 5.73. The molecule has 0 bridgehead atoms. The van der Waals surface area contributed by atoms with E-state index in [0.29, 0.717) is 34.5 Å². The van der Waals surface area contributed by atoms with Crippen molar-refractivity contribution in [2.75, 3.05) is 23.8 Å². The number of aromatic nitrogens is 2. The predicted molar refractivity (Wildman–Crippen MR) is 145 cm³/mol. The number of fused-ring (bicyclic) bond motifs is 1. The lowest BCUT2D eigenvalue weighted by Crippen LogP contribution is -2.38. The zero-order valence-corrected chi connectivity index (χ0v) is 21.2. The van der Waals surface area contributed by atoms with E-state index in [4.69, 9.17) is 11.6 Å². The zero-order chi connectivity index (χ0) is 25.7. The maximum absolute atomic E-state index is 12.7. The van der Waals surface area contributed by atoms with Gasteiger partial charge < -0.3 is 15.5 Å². The number of rotatable bonds is 8. The highest BCUT2D eigenvalue weighted by Gasteiger charge is 2.13. The molecule has 36 heavy (non-hydrogen) atoms. The van der Waals surface area contributed by atoms with Crippen LogP contribution < -0.4 is 15.5 Å². The van der Waals surface area contributed by atoms with Crippen molar-refractivity contribution >= 4 is 45.7 Å². The average Bonchev–Trinajstić information content (AvgIpc) is 2.84. The van der Waals surface area contributed by atoms with Crippen molar-refractivity contribution in [2.45, 2.75) is 26.3 Å². The van der Waals surface area contributed by atoms with Crippen LogP contribution in [0.3, 0.4) is 0 Å². The molecule has 0 radical (unpaired) electrons. The van der Waals surface area contributed by atoms with E-state index in [0.717, 1.165) is 16.3 Å². The Kier molecular flexibility index (Phi) is 7.80. The Morgan fingerprint density at radius 2 is 1.67 bits per heavy atom. The molecule has 3 aromatic carbocycles. The molecule has 1 aromatic heterocycles. The van der Waals surface area contributed by atoms with Crippen molar-refractivity contribution in [2.24, 2.45) is 0 Å². The molecule has 0 fully saturated rings. The highest BCUT2D eigenvalue weighted by atomic mass is 35.5. The predicted octanol–water partition coefficient (Wildman–Crippen LogP) is 5.09. The maximum atomic E-state index is 12.7. The monoisotopic (exact) mass is 501 g/mol. The van der Waals surface area contributed by atoms with Crippen molar-refractivity contribution < 1.29 is 9.59 Å². The number of anilines is 2. The summed E-state index contributed by atoms with van der Waals surface area (Å²) in [4.78, 5) is 35.5. The summed E-state index contributed by atoms with van der Waals surface area (Å²) in [5.74, 6) is 0.857. The van der Waals surface area contributed by atoms with E-state index in [2.05, 4.69) is 20.6 Å². The van der Waals surface area contributed by atoms with Crippen LogP contribution in [0.15, 0.2) is 72.8 Å². The highest BCUT2D eigenvalue weighted by molar-refractivity contribution is 6.29. The minimum absolute atomic E-state index is 0.0655. The average molecular weight is 502 g/mol. The Labute approximate surface area is 215 Å². The number of carbonyl (C=O) groups excluding carboxylic acids is 2. The summed E-state index contributed by atoms with van der Waals surface area (Å²) in [5.41, 5.74) is 2.26. The van der Waals surface area contributed by atoms with Crippen molar-refractivity contribution in [1.82, 2.24) is 15.3 Å². The molecule has 0 unspecified atom stereocenters. The van der Waals surface area contributed by atoms with Gasteiger partial charge in [0.1, 0.15) is 16.8 Å². The number of halogens is 1. The molecule has 1 heterocycles. The van der Waals surface area contributed by atoms with E-state index in [9.17, 15) is 9.59 Å². The molecule has 2 amide bonds. The van der Waals surface area contributed by atoms with E-state index >= 15 is 0 Å². The molecule has 0 aliphatic heterocycles. The third kappa shape index (κ3) is 6.58. The number of carbonyl (C=O) groups is 2. The summed E-state index contributed by atoms with van der Waals surface area (Å²) in [7, 11) is 1.79. The highest BCUT2D eigenvalue weighted by Crippen LogP contribution is 2.20. The van der Waals surface area contributed by atoms with Crippen LogP contribution in [0.5, 0.6) is 0 Å².